The number of benzene rings is 4. The van der Waals surface area contributed by atoms with Crippen LogP contribution in [0.4, 0.5) is 0 Å². The molecule has 0 aliphatic rings. The van der Waals surface area contributed by atoms with Gasteiger partial charge in [0.15, 0.2) is 0 Å². The number of fused-ring (bicyclic) bond motifs is 7. The Hall–Kier alpha value is -5.49. The monoisotopic (exact) mass is 517 g/mol. The lowest BCUT2D eigenvalue weighted by Crippen LogP contribution is -2.01. The molecular weight excluding hydrogens is 494 g/mol. The molecule has 4 heterocycles. The van der Waals surface area contributed by atoms with Crippen molar-refractivity contribution in [3.05, 3.63) is 115 Å². The molecule has 0 aliphatic carbocycles. The molecule has 0 N–H and O–H groups in total. The van der Waals surface area contributed by atoms with Gasteiger partial charge in [-0.05, 0) is 48.9 Å². The fraction of sp³-hybridized carbons (Fsp3) is 0.0294. The van der Waals surface area contributed by atoms with Crippen LogP contribution in [-0.4, -0.2) is 23.9 Å². The topological polar surface area (TPSA) is 61.2 Å². The van der Waals surface area contributed by atoms with Crippen LogP contribution in [0.1, 0.15) is 18.2 Å². The third-order valence-electron chi connectivity index (χ3n) is 7.49. The zero-order chi connectivity index (χ0) is 26.8. The molecule has 40 heavy (non-hydrogen) atoms. The van der Waals surface area contributed by atoms with E-state index in [1.54, 1.807) is 0 Å². The van der Waals surface area contributed by atoms with Crippen molar-refractivity contribution in [3.63, 3.8) is 0 Å². The van der Waals surface area contributed by atoms with Gasteiger partial charge in [0.1, 0.15) is 11.3 Å². The zero-order valence-electron chi connectivity index (χ0n) is 21.7. The van der Waals surface area contributed by atoms with Crippen molar-refractivity contribution in [2.75, 3.05) is 0 Å². The minimum Gasteiger partial charge on any atom is -0.455 e. The number of hydrogen-bond donors (Lipinski definition) is 0. The van der Waals surface area contributed by atoms with Crippen LogP contribution in [0.15, 0.2) is 108 Å². The maximum absolute atomic E-state index is 6.38. The van der Waals surface area contributed by atoms with E-state index in [1.807, 2.05) is 78.4 Å². The van der Waals surface area contributed by atoms with Crippen molar-refractivity contribution in [3.8, 4) is 17.1 Å². The molecule has 8 rings (SSSR count). The summed E-state index contributed by atoms with van der Waals surface area (Å²) in [4.78, 5) is 14.7. The second-order valence-corrected chi connectivity index (χ2v) is 9.77. The highest BCUT2D eigenvalue weighted by Crippen LogP contribution is 2.38. The van der Waals surface area contributed by atoms with Gasteiger partial charge in [0, 0.05) is 28.1 Å². The summed E-state index contributed by atoms with van der Waals surface area (Å²) in [5, 5.41) is 2.04. The van der Waals surface area contributed by atoms with E-state index in [2.05, 4.69) is 53.4 Å². The minimum absolute atomic E-state index is 0.585. The van der Waals surface area contributed by atoms with Crippen molar-refractivity contribution < 1.29 is 4.42 Å². The van der Waals surface area contributed by atoms with Gasteiger partial charge in [-0.15, -0.1) is 0 Å². The number of para-hydroxylation sites is 4. The van der Waals surface area contributed by atoms with Gasteiger partial charge in [0.25, 0.3) is 0 Å². The molecule has 0 atom stereocenters. The number of rotatable bonds is 4. The fourth-order valence-corrected chi connectivity index (χ4v) is 5.70. The van der Waals surface area contributed by atoms with Crippen LogP contribution in [0.3, 0.4) is 0 Å². The minimum atomic E-state index is 0.585. The molecule has 0 bridgehead atoms. The van der Waals surface area contributed by atoms with Crippen LogP contribution in [0.2, 0.25) is 0 Å². The molecule has 8 aromatic rings. The smallest absolute Gasteiger partial charge is 0.237 e. The molecule has 4 aromatic carbocycles. The van der Waals surface area contributed by atoms with Crippen LogP contribution >= 0.6 is 0 Å². The Morgan fingerprint density at radius 3 is 2.55 bits per heavy atom. The lowest BCUT2D eigenvalue weighted by Gasteiger charge is -2.06. The summed E-state index contributed by atoms with van der Waals surface area (Å²) < 4.78 is 10.6. The normalized spacial score (nSPS) is 12.1. The zero-order valence-corrected chi connectivity index (χ0v) is 21.7. The first-order valence-corrected chi connectivity index (χ1v) is 13.2. The van der Waals surface area contributed by atoms with Crippen LogP contribution in [0.5, 0.6) is 0 Å². The molecule has 0 saturated carbocycles. The molecule has 0 fully saturated rings. The van der Waals surface area contributed by atoms with Gasteiger partial charge in [-0.1, -0.05) is 73.3 Å². The molecular formula is C34H23N5O. The van der Waals surface area contributed by atoms with Crippen molar-refractivity contribution in [1.29, 1.82) is 0 Å². The lowest BCUT2D eigenvalue weighted by atomic mass is 10.0. The summed E-state index contributed by atoms with van der Waals surface area (Å²) in [5.74, 6) is 2.16. The number of hydrogen-bond acceptors (Lipinski definition) is 4. The first-order valence-electron chi connectivity index (χ1n) is 13.2. The molecule has 6 nitrogen and oxygen atoms in total. The third kappa shape index (κ3) is 3.13. The SMILES string of the molecule is C=Cc1c(/C=C\C)oc2c(-c3ccc4c(c3)n3c5ccccc5nc3n4-c3ncc4ccccc4n3)cccc12. The van der Waals surface area contributed by atoms with Crippen LogP contribution in [-0.2, 0) is 0 Å². The Bertz CT molecular complexity index is 2310. The molecule has 0 unspecified atom stereocenters. The highest BCUT2D eigenvalue weighted by molar-refractivity contribution is 6.01. The van der Waals surface area contributed by atoms with Crippen LogP contribution in [0.25, 0.3) is 78.9 Å². The lowest BCUT2D eigenvalue weighted by molar-refractivity contribution is 0.604. The quantitative estimate of drug-likeness (QED) is 0.235. The van der Waals surface area contributed by atoms with E-state index in [1.165, 1.54) is 0 Å². The number of nitrogens with zero attached hydrogens (tertiary/aromatic N) is 5. The van der Waals surface area contributed by atoms with Crippen LogP contribution in [0, 0.1) is 0 Å². The summed E-state index contributed by atoms with van der Waals surface area (Å²) in [7, 11) is 0. The summed E-state index contributed by atoms with van der Waals surface area (Å²) >= 11 is 0. The maximum Gasteiger partial charge on any atom is 0.237 e. The van der Waals surface area contributed by atoms with Gasteiger partial charge in [-0.25, -0.2) is 19.5 Å². The van der Waals surface area contributed by atoms with Crippen molar-refractivity contribution >= 4 is 61.9 Å². The Morgan fingerprint density at radius 2 is 1.68 bits per heavy atom. The summed E-state index contributed by atoms with van der Waals surface area (Å²) in [6, 6.07) is 28.9. The Labute approximate surface area is 229 Å². The number of aromatic nitrogens is 5. The highest BCUT2D eigenvalue weighted by atomic mass is 16.3. The Balaban J connectivity index is 1.44. The number of imidazole rings is 2. The first kappa shape index (κ1) is 22.5. The maximum atomic E-state index is 6.38. The van der Waals surface area contributed by atoms with Gasteiger partial charge in [-0.3, -0.25) is 4.40 Å². The first-order chi connectivity index (χ1) is 19.7. The van der Waals surface area contributed by atoms with E-state index in [0.29, 0.717) is 5.95 Å². The molecule has 0 saturated heterocycles. The van der Waals surface area contributed by atoms with Crippen molar-refractivity contribution in [1.82, 2.24) is 23.9 Å². The standard InChI is InChI=1S/C34H23N5O/c1-3-10-31-23(4-2)25-13-9-12-24(32(25)40-31)21-17-18-29-30(19-21)38-28-16-8-7-15-27(28)37-34(38)39(29)33-35-20-22-11-5-6-14-26(22)36-33/h3-20H,2H2,1H3/b10-3-. The number of furan rings is 1. The average molecular weight is 518 g/mol. The van der Waals surface area contributed by atoms with E-state index in [4.69, 9.17) is 19.4 Å². The summed E-state index contributed by atoms with van der Waals surface area (Å²) in [6.45, 7) is 6.01. The van der Waals surface area contributed by atoms with E-state index in [9.17, 15) is 0 Å². The number of allylic oxidation sites excluding steroid dienone is 1. The predicted octanol–water partition coefficient (Wildman–Crippen LogP) is 8.46. The van der Waals surface area contributed by atoms with Crippen molar-refractivity contribution in [2.24, 2.45) is 0 Å². The molecule has 4 aromatic heterocycles. The van der Waals surface area contributed by atoms with E-state index < -0.39 is 0 Å². The molecule has 0 spiro atoms. The van der Waals surface area contributed by atoms with E-state index in [0.717, 1.165) is 72.2 Å². The van der Waals surface area contributed by atoms with Gasteiger partial charge < -0.3 is 4.42 Å². The molecule has 190 valence electrons. The second kappa shape index (κ2) is 8.51. The van der Waals surface area contributed by atoms with Crippen LogP contribution < -0.4 is 0 Å². The van der Waals surface area contributed by atoms with E-state index >= 15 is 0 Å². The van der Waals surface area contributed by atoms with Crippen molar-refractivity contribution in [2.45, 2.75) is 6.92 Å². The molecule has 0 radical (unpaired) electrons. The van der Waals surface area contributed by atoms with Gasteiger partial charge in [0.05, 0.1) is 27.6 Å². The van der Waals surface area contributed by atoms with E-state index in [-0.39, 0.29) is 0 Å². The summed E-state index contributed by atoms with van der Waals surface area (Å²) in [6.07, 6.45) is 7.69. The molecule has 0 amide bonds. The predicted molar refractivity (Wildman–Crippen MR) is 163 cm³/mol. The molecule has 6 heteroatoms. The fourth-order valence-electron chi connectivity index (χ4n) is 5.70. The van der Waals surface area contributed by atoms with Gasteiger partial charge in [-0.2, -0.15) is 0 Å². The second-order valence-electron chi connectivity index (χ2n) is 9.77. The average Bonchev–Trinajstić information content (AvgIpc) is 3.64. The highest BCUT2D eigenvalue weighted by Gasteiger charge is 2.21. The Morgan fingerprint density at radius 1 is 0.825 bits per heavy atom. The van der Waals surface area contributed by atoms with Gasteiger partial charge >= 0.3 is 0 Å². The largest absolute Gasteiger partial charge is 0.455 e. The molecule has 0 aliphatic heterocycles. The third-order valence-corrected chi connectivity index (χ3v) is 7.49. The van der Waals surface area contributed by atoms with Gasteiger partial charge in [0.2, 0.25) is 11.7 Å². The summed E-state index contributed by atoms with van der Waals surface area (Å²) in [5.41, 5.74) is 8.72. The Kier molecular flexibility index (Phi) is 4.79.